The Morgan fingerprint density at radius 1 is 0.939 bits per heavy atom. The number of anilines is 3. The number of carbonyl (C=O) groups is 2. The Hall–Kier alpha value is -2.81. The molecule has 9 heteroatoms. The Kier molecular flexibility index (Phi) is 7.69. The first kappa shape index (κ1) is 23.4. The maximum atomic E-state index is 12.7. The molecule has 0 aromatic heterocycles. The van der Waals surface area contributed by atoms with E-state index < -0.39 is 0 Å². The van der Waals surface area contributed by atoms with Crippen LogP contribution in [0.5, 0.6) is 0 Å². The second kappa shape index (κ2) is 10.9. The first-order valence-electron chi connectivity index (χ1n) is 11.4. The predicted octanol–water partition coefficient (Wildman–Crippen LogP) is 2.85. The van der Waals surface area contributed by atoms with Crippen LogP contribution in [0.2, 0.25) is 5.02 Å². The Balaban J connectivity index is 1.25. The van der Waals surface area contributed by atoms with E-state index in [4.69, 9.17) is 11.6 Å². The van der Waals surface area contributed by atoms with Gasteiger partial charge in [0.15, 0.2) is 0 Å². The summed E-state index contributed by atoms with van der Waals surface area (Å²) in [7, 11) is 0. The molecular weight excluding hydrogens is 440 g/mol. The van der Waals surface area contributed by atoms with E-state index in [0.29, 0.717) is 30.3 Å². The molecule has 2 aromatic carbocycles. The maximum Gasteiger partial charge on any atom is 0.322 e. The molecule has 2 heterocycles. The second-order valence-electron chi connectivity index (χ2n) is 8.46. The number of hydrogen-bond donors (Lipinski definition) is 3. The molecule has 2 aliphatic rings. The average Bonchev–Trinajstić information content (AvgIpc) is 2.82. The van der Waals surface area contributed by atoms with Crippen LogP contribution in [0, 0.1) is 6.92 Å². The minimum Gasteiger partial charge on any atom is -0.368 e. The normalized spacial score (nSPS) is 17.0. The van der Waals surface area contributed by atoms with E-state index in [9.17, 15) is 9.59 Å². The van der Waals surface area contributed by atoms with E-state index in [1.165, 1.54) is 0 Å². The van der Waals surface area contributed by atoms with Crippen LogP contribution in [0.1, 0.15) is 5.56 Å². The van der Waals surface area contributed by atoms with E-state index >= 15 is 0 Å². The van der Waals surface area contributed by atoms with Gasteiger partial charge in [0, 0.05) is 63.7 Å². The van der Waals surface area contributed by atoms with E-state index in [1.807, 2.05) is 48.2 Å². The van der Waals surface area contributed by atoms with Gasteiger partial charge in [0.1, 0.15) is 0 Å². The number of nitrogens with one attached hydrogen (secondary N) is 3. The van der Waals surface area contributed by atoms with E-state index in [0.717, 1.165) is 56.2 Å². The van der Waals surface area contributed by atoms with Gasteiger partial charge in [-0.1, -0.05) is 23.7 Å². The molecule has 0 bridgehead atoms. The van der Waals surface area contributed by atoms with Gasteiger partial charge >= 0.3 is 6.03 Å². The summed E-state index contributed by atoms with van der Waals surface area (Å²) >= 11 is 6.24. The molecule has 0 aliphatic carbocycles. The summed E-state index contributed by atoms with van der Waals surface area (Å²) in [5, 5.41) is 9.76. The number of halogens is 1. The molecular formula is C24H31ClN6O2. The van der Waals surface area contributed by atoms with Crippen LogP contribution in [0.4, 0.5) is 21.9 Å². The lowest BCUT2D eigenvalue weighted by molar-refractivity contribution is -0.117. The topological polar surface area (TPSA) is 80.0 Å². The van der Waals surface area contributed by atoms with Gasteiger partial charge in [-0.3, -0.25) is 9.69 Å². The lowest BCUT2D eigenvalue weighted by Crippen LogP contribution is -2.50. The van der Waals surface area contributed by atoms with Gasteiger partial charge in [0.25, 0.3) is 0 Å². The smallest absolute Gasteiger partial charge is 0.322 e. The third-order valence-electron chi connectivity index (χ3n) is 6.11. The van der Waals surface area contributed by atoms with Crippen LogP contribution in [-0.2, 0) is 4.79 Å². The number of benzene rings is 2. The summed E-state index contributed by atoms with van der Waals surface area (Å²) in [6, 6.07) is 13.3. The number of piperazine rings is 2. The van der Waals surface area contributed by atoms with Crippen LogP contribution < -0.4 is 20.9 Å². The van der Waals surface area contributed by atoms with Gasteiger partial charge in [0.2, 0.25) is 5.91 Å². The molecule has 3 N–H and O–H groups in total. The molecule has 2 fully saturated rings. The number of para-hydroxylation sites is 1. The molecule has 0 spiro atoms. The molecule has 0 saturated carbocycles. The minimum atomic E-state index is -0.131. The van der Waals surface area contributed by atoms with Crippen molar-refractivity contribution in [2.24, 2.45) is 0 Å². The zero-order chi connectivity index (χ0) is 23.2. The van der Waals surface area contributed by atoms with Crippen molar-refractivity contribution in [3.63, 3.8) is 0 Å². The lowest BCUT2D eigenvalue weighted by Gasteiger charge is -2.36. The van der Waals surface area contributed by atoms with Gasteiger partial charge in [-0.15, -0.1) is 0 Å². The molecule has 0 atom stereocenters. The standard InChI is InChI=1S/C24H31ClN6O2/c1-18-3-2-4-21(25)23(18)28-24(33)31-15-13-30(14-16-31)20-7-5-19(6-8-20)27-22(32)17-29-11-9-26-10-12-29/h2-8,26H,9-17H2,1H3,(H,27,32)(H,28,33). The monoisotopic (exact) mass is 470 g/mol. The Labute approximate surface area is 199 Å². The van der Waals surface area contributed by atoms with Crippen LogP contribution in [-0.4, -0.2) is 80.6 Å². The van der Waals surface area contributed by atoms with E-state index in [-0.39, 0.29) is 11.9 Å². The van der Waals surface area contributed by atoms with Crippen molar-refractivity contribution in [2.75, 3.05) is 74.4 Å². The quantitative estimate of drug-likeness (QED) is 0.626. The number of urea groups is 1. The third-order valence-corrected chi connectivity index (χ3v) is 6.43. The maximum absolute atomic E-state index is 12.7. The molecule has 2 saturated heterocycles. The molecule has 2 aromatic rings. The number of amides is 3. The predicted molar refractivity (Wildman–Crippen MR) is 133 cm³/mol. The van der Waals surface area contributed by atoms with Gasteiger partial charge in [0.05, 0.1) is 17.3 Å². The van der Waals surface area contributed by atoms with Crippen molar-refractivity contribution >= 4 is 40.6 Å². The number of hydrogen-bond acceptors (Lipinski definition) is 5. The summed E-state index contributed by atoms with van der Waals surface area (Å²) in [6.45, 7) is 8.72. The third kappa shape index (κ3) is 6.16. The first-order valence-corrected chi connectivity index (χ1v) is 11.8. The minimum absolute atomic E-state index is 0.0121. The summed E-state index contributed by atoms with van der Waals surface area (Å²) in [6.07, 6.45) is 0. The molecule has 4 rings (SSSR count). The molecule has 2 aliphatic heterocycles. The number of carbonyl (C=O) groups excluding carboxylic acids is 2. The highest BCUT2D eigenvalue weighted by atomic mass is 35.5. The van der Waals surface area contributed by atoms with Crippen molar-refractivity contribution < 1.29 is 9.59 Å². The zero-order valence-electron chi connectivity index (χ0n) is 18.9. The van der Waals surface area contributed by atoms with Gasteiger partial charge in [-0.05, 0) is 42.8 Å². The lowest BCUT2D eigenvalue weighted by atomic mass is 10.2. The highest BCUT2D eigenvalue weighted by molar-refractivity contribution is 6.33. The Morgan fingerprint density at radius 3 is 2.30 bits per heavy atom. The van der Waals surface area contributed by atoms with Crippen molar-refractivity contribution in [3.8, 4) is 0 Å². The van der Waals surface area contributed by atoms with Crippen molar-refractivity contribution in [1.82, 2.24) is 15.1 Å². The van der Waals surface area contributed by atoms with Gasteiger partial charge in [-0.2, -0.15) is 0 Å². The molecule has 8 nitrogen and oxygen atoms in total. The SMILES string of the molecule is Cc1cccc(Cl)c1NC(=O)N1CCN(c2ccc(NC(=O)CN3CCNCC3)cc2)CC1. The van der Waals surface area contributed by atoms with Gasteiger partial charge in [-0.25, -0.2) is 4.79 Å². The molecule has 33 heavy (non-hydrogen) atoms. The summed E-state index contributed by atoms with van der Waals surface area (Å²) in [5.74, 6) is 0.0121. The fourth-order valence-electron chi connectivity index (χ4n) is 4.17. The molecule has 3 amide bonds. The van der Waals surface area contributed by atoms with Crippen LogP contribution in [0.25, 0.3) is 0 Å². The summed E-state index contributed by atoms with van der Waals surface area (Å²) in [5.41, 5.74) is 3.49. The van der Waals surface area contributed by atoms with Gasteiger partial charge < -0.3 is 25.8 Å². The van der Waals surface area contributed by atoms with Crippen LogP contribution >= 0.6 is 11.6 Å². The van der Waals surface area contributed by atoms with Crippen LogP contribution in [0.3, 0.4) is 0 Å². The first-order chi connectivity index (χ1) is 16.0. The fraction of sp³-hybridized carbons (Fsp3) is 0.417. The van der Waals surface area contributed by atoms with E-state index in [2.05, 4.69) is 25.8 Å². The van der Waals surface area contributed by atoms with Crippen molar-refractivity contribution in [3.05, 3.63) is 53.1 Å². The highest BCUT2D eigenvalue weighted by Gasteiger charge is 2.22. The number of rotatable bonds is 5. The largest absolute Gasteiger partial charge is 0.368 e. The number of nitrogens with zero attached hydrogens (tertiary/aromatic N) is 3. The Bertz CT molecular complexity index is 949. The van der Waals surface area contributed by atoms with Crippen molar-refractivity contribution in [1.29, 1.82) is 0 Å². The highest BCUT2D eigenvalue weighted by Crippen LogP contribution is 2.26. The van der Waals surface area contributed by atoms with Crippen molar-refractivity contribution in [2.45, 2.75) is 6.92 Å². The Morgan fingerprint density at radius 2 is 1.64 bits per heavy atom. The number of aryl methyl sites for hydroxylation is 1. The second-order valence-corrected chi connectivity index (χ2v) is 8.86. The fourth-order valence-corrected chi connectivity index (χ4v) is 4.44. The van der Waals surface area contributed by atoms with E-state index in [1.54, 1.807) is 6.07 Å². The summed E-state index contributed by atoms with van der Waals surface area (Å²) < 4.78 is 0. The van der Waals surface area contributed by atoms with Crippen LogP contribution in [0.15, 0.2) is 42.5 Å². The molecule has 176 valence electrons. The average molecular weight is 471 g/mol. The molecule has 0 unspecified atom stereocenters. The summed E-state index contributed by atoms with van der Waals surface area (Å²) in [4.78, 5) is 31.2. The zero-order valence-corrected chi connectivity index (χ0v) is 19.7. The molecule has 0 radical (unpaired) electrons.